The quantitative estimate of drug-likeness (QED) is 0.0334. The molecular weight excluding hydrogens is 1310 g/mol. The molecule has 0 saturated heterocycles. The molecule has 3 aliphatic rings. The second kappa shape index (κ2) is 34.4. The van der Waals surface area contributed by atoms with Crippen LogP contribution in [-0.4, -0.2) is 98.3 Å². The van der Waals surface area contributed by atoms with Gasteiger partial charge in [0.25, 0.3) is 17.7 Å². The van der Waals surface area contributed by atoms with Gasteiger partial charge in [0, 0.05) is 44.6 Å². The van der Waals surface area contributed by atoms with Crippen molar-refractivity contribution < 1.29 is 47.3 Å². The van der Waals surface area contributed by atoms with E-state index in [9.17, 15) is 37.9 Å². The summed E-state index contributed by atoms with van der Waals surface area (Å²) in [5.74, 6) is -3.02. The summed E-state index contributed by atoms with van der Waals surface area (Å²) in [7, 11) is 2.53. The van der Waals surface area contributed by atoms with Crippen molar-refractivity contribution in [3.05, 3.63) is 263 Å². The maximum atomic E-state index is 13.2. The number of allylic oxidation sites excluding steroid dienone is 3. The Labute approximate surface area is 581 Å². The Morgan fingerprint density at radius 1 is 0.469 bits per heavy atom. The van der Waals surface area contributed by atoms with Crippen LogP contribution in [0.5, 0.6) is 0 Å². The van der Waals surface area contributed by atoms with E-state index in [0.717, 1.165) is 137 Å². The molecule has 506 valence electrons. The largest absolute Gasteiger partial charge is 0.467 e. The van der Waals surface area contributed by atoms with Gasteiger partial charge in [0.05, 0.1) is 44.0 Å². The van der Waals surface area contributed by atoms with Gasteiger partial charge in [-0.25, -0.2) is 18.4 Å². The molecule has 0 unspecified atom stereocenters. The normalized spacial score (nSPS) is 15.5. The Balaban J connectivity index is 0.000000160. The maximum Gasteiger partial charge on any atom is 0.328 e. The number of aliphatic hydroxyl groups excluding tert-OH is 1. The lowest BCUT2D eigenvalue weighted by molar-refractivity contribution is -0.143. The lowest BCUT2D eigenvalue weighted by atomic mass is 10.0. The summed E-state index contributed by atoms with van der Waals surface area (Å²) in [6.07, 6.45) is 17.1. The van der Waals surface area contributed by atoms with Gasteiger partial charge in [-0.3, -0.25) is 29.7 Å². The summed E-state index contributed by atoms with van der Waals surface area (Å²) in [6, 6.07) is 41.5. The molecule has 7 N–H and O–H groups in total. The molecular formula is C76H74Cl3F2N9O8. The summed E-state index contributed by atoms with van der Waals surface area (Å²) in [5, 5.41) is 42.3. The van der Waals surface area contributed by atoms with Crippen LogP contribution in [0.4, 0.5) is 8.78 Å². The number of aromatic amines is 3. The van der Waals surface area contributed by atoms with E-state index in [4.69, 9.17) is 44.3 Å². The molecule has 3 aliphatic carbocycles. The number of methoxy groups -OCH3 is 2. The number of aromatic nitrogens is 6. The van der Waals surface area contributed by atoms with E-state index in [0.29, 0.717) is 56.1 Å². The first-order valence-electron chi connectivity index (χ1n) is 32.4. The number of fused-ring (bicyclic) bond motifs is 3. The predicted molar refractivity (Wildman–Crippen MR) is 377 cm³/mol. The van der Waals surface area contributed by atoms with Crippen molar-refractivity contribution in [3.8, 4) is 0 Å². The predicted octanol–water partition coefficient (Wildman–Crippen LogP) is 14.8. The standard InChI is InChI=1S/2C26H25ClFN3O3.C24H24ClN3O2/c1-34-26(33)22(15-16-9-11-20(28)12-10-16)29-25(32)24-21-8-3-2-6-18(23(21)30-31-24)13-17-5-4-7-19(27)14-17;1-34-26(33)22(15-17-8-12-20(28)13-9-17)29-25(32)24-21-5-3-2-4-18(23(21)30-31-24)14-16-6-10-19(27)11-7-16;25-19-11-6-7-16(14-19)13-18-10-4-5-12-20-22(18)27-28-23(20)24(30)26-21(15-29)17-8-2-1-3-9-17/h4-5,7,9-14,22H,2-3,6,8,15H2,1H3,(H,29,32)(H,30,31);6-14,22H,2-5,15H2,1H3,(H,29,32)(H,30,31);1-3,6-9,11,13-14,21,29H,4-5,10,12,15H2,(H,26,30)(H,27,28)/b18-13+;18-14+;18-13+/t2*22-;21-/m000/s1. The number of nitrogens with one attached hydrogen (secondary N) is 6. The molecule has 12 rings (SSSR count). The minimum absolute atomic E-state index is 0.175. The lowest BCUT2D eigenvalue weighted by Crippen LogP contribution is -2.43. The van der Waals surface area contributed by atoms with E-state index in [1.807, 2.05) is 109 Å². The topological polar surface area (TPSA) is 246 Å². The lowest BCUT2D eigenvalue weighted by Gasteiger charge is -2.16. The van der Waals surface area contributed by atoms with E-state index in [1.54, 1.807) is 24.3 Å². The molecule has 6 aromatic carbocycles. The van der Waals surface area contributed by atoms with Crippen LogP contribution < -0.4 is 16.0 Å². The number of carbonyl (C=O) groups excluding carboxylic acids is 5. The first-order valence-corrected chi connectivity index (χ1v) is 33.5. The molecule has 0 spiro atoms. The van der Waals surface area contributed by atoms with Gasteiger partial charge in [0.15, 0.2) is 0 Å². The summed E-state index contributed by atoms with van der Waals surface area (Å²) in [6.45, 7) is -0.175. The molecule has 22 heteroatoms. The molecule has 0 bridgehead atoms. The second-order valence-electron chi connectivity index (χ2n) is 23.9. The van der Waals surface area contributed by atoms with Gasteiger partial charge in [0.1, 0.15) is 40.8 Å². The number of benzene rings is 6. The Hall–Kier alpha value is -9.79. The number of hydrogen-bond acceptors (Lipinski definition) is 11. The molecule has 0 saturated carbocycles. The van der Waals surface area contributed by atoms with Crippen molar-refractivity contribution >= 4 is 99.4 Å². The molecule has 17 nitrogen and oxygen atoms in total. The minimum atomic E-state index is -0.922. The van der Waals surface area contributed by atoms with Crippen molar-refractivity contribution in [2.75, 3.05) is 20.8 Å². The average molecular weight is 1390 g/mol. The van der Waals surface area contributed by atoms with Crippen LogP contribution in [0.15, 0.2) is 152 Å². The average Bonchev–Trinajstić information content (AvgIpc) is 1.67. The number of amides is 3. The van der Waals surface area contributed by atoms with Crippen LogP contribution in [0.1, 0.15) is 162 Å². The van der Waals surface area contributed by atoms with Crippen LogP contribution in [0.3, 0.4) is 0 Å². The Morgan fingerprint density at radius 2 is 0.847 bits per heavy atom. The molecule has 0 fully saturated rings. The summed E-state index contributed by atoms with van der Waals surface area (Å²) < 4.78 is 36.2. The van der Waals surface area contributed by atoms with Crippen LogP contribution in [0.2, 0.25) is 15.1 Å². The molecule has 3 atom stereocenters. The van der Waals surface area contributed by atoms with Crippen LogP contribution >= 0.6 is 34.8 Å². The van der Waals surface area contributed by atoms with Crippen molar-refractivity contribution in [1.82, 2.24) is 46.5 Å². The van der Waals surface area contributed by atoms with Gasteiger partial charge in [-0.15, -0.1) is 0 Å². The maximum absolute atomic E-state index is 13.2. The third-order valence-corrected chi connectivity index (χ3v) is 17.9. The molecule has 3 amide bonds. The van der Waals surface area contributed by atoms with Crippen molar-refractivity contribution in [3.63, 3.8) is 0 Å². The number of H-pyrrole nitrogens is 3. The van der Waals surface area contributed by atoms with Crippen LogP contribution in [0.25, 0.3) is 34.9 Å². The third kappa shape index (κ3) is 18.9. The van der Waals surface area contributed by atoms with Gasteiger partial charge in [-0.05, 0) is 206 Å². The molecule has 3 heterocycles. The number of aliphatic hydroxyl groups is 1. The Morgan fingerprint density at radius 3 is 1.22 bits per heavy atom. The highest BCUT2D eigenvalue weighted by molar-refractivity contribution is 6.31. The van der Waals surface area contributed by atoms with Crippen molar-refractivity contribution in [1.29, 1.82) is 0 Å². The van der Waals surface area contributed by atoms with Gasteiger partial charge >= 0.3 is 11.9 Å². The minimum Gasteiger partial charge on any atom is -0.467 e. The third-order valence-electron chi connectivity index (χ3n) is 17.1. The number of carbonyl (C=O) groups is 5. The molecule has 0 aliphatic heterocycles. The summed E-state index contributed by atoms with van der Waals surface area (Å²) >= 11 is 18.3. The summed E-state index contributed by atoms with van der Waals surface area (Å²) in [4.78, 5) is 64.1. The van der Waals surface area contributed by atoms with E-state index >= 15 is 0 Å². The smallest absolute Gasteiger partial charge is 0.328 e. The number of hydrogen-bond donors (Lipinski definition) is 7. The van der Waals surface area contributed by atoms with Crippen molar-refractivity contribution in [2.45, 2.75) is 108 Å². The highest BCUT2D eigenvalue weighted by Crippen LogP contribution is 2.36. The zero-order chi connectivity index (χ0) is 69.1. The zero-order valence-corrected chi connectivity index (χ0v) is 56.3. The number of halogens is 5. The zero-order valence-electron chi connectivity index (χ0n) is 54.0. The fourth-order valence-electron chi connectivity index (χ4n) is 12.2. The molecule has 0 radical (unpaired) electrons. The van der Waals surface area contributed by atoms with Crippen LogP contribution in [-0.2, 0) is 51.2 Å². The SMILES string of the molecule is COC(=O)[C@H](Cc1ccc(F)cc1)NC(=O)c1[nH]nc2c1CCCC/C2=C\c1ccc(Cl)cc1.COC(=O)[C@H](Cc1ccc(F)cc1)NC(=O)c1[nH]nc2c1CCCC/C2=C\c1cccc(Cl)c1.O=C(N[C@@H](CO)c1ccccc1)c1[nH]nc2c1CCCC/C2=C\c1cccc(Cl)c1. The number of rotatable bonds is 17. The van der Waals surface area contributed by atoms with E-state index < -0.39 is 41.9 Å². The van der Waals surface area contributed by atoms with Gasteiger partial charge in [0.2, 0.25) is 0 Å². The first kappa shape index (κ1) is 71.0. The monoisotopic (exact) mass is 1380 g/mol. The fourth-order valence-corrected chi connectivity index (χ4v) is 12.7. The van der Waals surface area contributed by atoms with Crippen LogP contribution in [0, 0.1) is 11.6 Å². The molecule has 3 aromatic heterocycles. The van der Waals surface area contributed by atoms with Gasteiger partial charge < -0.3 is 30.5 Å². The first-order chi connectivity index (χ1) is 47.5. The molecule has 98 heavy (non-hydrogen) atoms. The highest BCUT2D eigenvalue weighted by atomic mass is 35.5. The van der Waals surface area contributed by atoms with Gasteiger partial charge in [-0.2, -0.15) is 15.3 Å². The Bertz CT molecular complexity index is 4360. The fraction of sp³-hybridized carbons (Fsp3) is 0.263. The Kier molecular flexibility index (Phi) is 24.9. The van der Waals surface area contributed by atoms with E-state index in [-0.39, 0.29) is 37.0 Å². The molecule has 9 aromatic rings. The number of ether oxygens (including phenoxy) is 2. The number of esters is 2. The number of nitrogens with zero attached hydrogens (tertiary/aromatic N) is 3. The van der Waals surface area contributed by atoms with E-state index in [1.165, 1.54) is 38.5 Å². The second-order valence-corrected chi connectivity index (χ2v) is 25.3. The highest BCUT2D eigenvalue weighted by Gasteiger charge is 2.31. The van der Waals surface area contributed by atoms with Gasteiger partial charge in [-0.1, -0.05) is 126 Å². The summed E-state index contributed by atoms with van der Waals surface area (Å²) in [5.41, 5.74) is 14.5. The van der Waals surface area contributed by atoms with Crippen molar-refractivity contribution in [2.24, 2.45) is 0 Å². The van der Waals surface area contributed by atoms with E-state index in [2.05, 4.69) is 58.7 Å².